The smallest absolute Gasteiger partial charge is 0.272 e. The van der Waals surface area contributed by atoms with E-state index >= 15 is 0 Å². The maximum atomic E-state index is 12.2. The second-order valence-corrected chi connectivity index (χ2v) is 4.31. The Morgan fingerprint density at radius 3 is 2.78 bits per heavy atom. The maximum absolute atomic E-state index is 12.2. The lowest BCUT2D eigenvalue weighted by Crippen LogP contribution is -2.18. The summed E-state index contributed by atoms with van der Waals surface area (Å²) in [4.78, 5) is 11.5. The first-order chi connectivity index (χ1) is 8.61. The summed E-state index contributed by atoms with van der Waals surface area (Å²) in [6.07, 6.45) is -0.421. The van der Waals surface area contributed by atoms with Crippen molar-refractivity contribution in [3.63, 3.8) is 0 Å². The van der Waals surface area contributed by atoms with Gasteiger partial charge in [0.25, 0.3) is 12.3 Å². The second-order valence-electron chi connectivity index (χ2n) is 4.31. The third kappa shape index (κ3) is 2.97. The summed E-state index contributed by atoms with van der Waals surface area (Å²) < 4.78 is 29.5. The minimum Gasteiger partial charge on any atom is -0.487 e. The van der Waals surface area contributed by atoms with Crippen molar-refractivity contribution in [3.8, 4) is 5.75 Å². The zero-order valence-electron chi connectivity index (χ0n) is 10.1. The van der Waals surface area contributed by atoms with Gasteiger partial charge in [0.1, 0.15) is 12.4 Å². The summed E-state index contributed by atoms with van der Waals surface area (Å²) in [5.74, 6) is 0.537. The van der Waals surface area contributed by atoms with E-state index in [4.69, 9.17) is 4.74 Å². The molecule has 0 aromatic heterocycles. The Kier molecular flexibility index (Phi) is 3.79. The highest BCUT2D eigenvalue weighted by atomic mass is 19.3. The summed E-state index contributed by atoms with van der Waals surface area (Å²) in [6.45, 7) is -0.642. The number of ether oxygens (including phenoxy) is 1. The molecule has 0 aliphatic heterocycles. The molecule has 0 saturated heterocycles. The topological polar surface area (TPSA) is 38.3 Å². The van der Waals surface area contributed by atoms with E-state index in [1.54, 1.807) is 12.1 Å². The average molecular weight is 255 g/mol. The van der Waals surface area contributed by atoms with Crippen molar-refractivity contribution in [1.82, 2.24) is 5.32 Å². The van der Waals surface area contributed by atoms with Crippen LogP contribution in [0.2, 0.25) is 0 Å². The van der Waals surface area contributed by atoms with Crippen molar-refractivity contribution in [1.29, 1.82) is 0 Å². The first kappa shape index (κ1) is 12.8. The van der Waals surface area contributed by atoms with Gasteiger partial charge in [0.05, 0.1) is 0 Å². The van der Waals surface area contributed by atoms with E-state index in [9.17, 15) is 13.6 Å². The number of alkyl halides is 2. The summed E-state index contributed by atoms with van der Waals surface area (Å²) in [5.41, 5.74) is 1.34. The number of amides is 1. The van der Waals surface area contributed by atoms with E-state index in [1.807, 2.05) is 0 Å². The van der Waals surface area contributed by atoms with Gasteiger partial charge in [0.2, 0.25) is 0 Å². The number of hydrogen-bond donors (Lipinski definition) is 1. The van der Waals surface area contributed by atoms with Gasteiger partial charge in [-0.1, -0.05) is 6.07 Å². The summed E-state index contributed by atoms with van der Waals surface area (Å²) in [5, 5.41) is 2.50. The lowest BCUT2D eigenvalue weighted by molar-refractivity contribution is 0.0813. The molecule has 1 aliphatic carbocycles. The molecule has 1 aliphatic rings. The van der Waals surface area contributed by atoms with Gasteiger partial charge in [-0.2, -0.15) is 0 Å². The summed E-state index contributed by atoms with van der Waals surface area (Å²) in [6, 6.07) is 5.03. The molecule has 0 unspecified atom stereocenters. The molecule has 2 rings (SSSR count). The van der Waals surface area contributed by atoms with Gasteiger partial charge in [0.15, 0.2) is 0 Å². The van der Waals surface area contributed by atoms with Crippen LogP contribution in [0, 0.1) is 0 Å². The van der Waals surface area contributed by atoms with E-state index in [0.29, 0.717) is 17.2 Å². The molecule has 18 heavy (non-hydrogen) atoms. The van der Waals surface area contributed by atoms with Crippen molar-refractivity contribution in [2.75, 3.05) is 13.7 Å². The quantitative estimate of drug-likeness (QED) is 0.878. The normalized spacial score (nSPS) is 14.7. The van der Waals surface area contributed by atoms with Crippen LogP contribution in [0.4, 0.5) is 8.78 Å². The van der Waals surface area contributed by atoms with Crippen molar-refractivity contribution in [2.45, 2.75) is 25.2 Å². The van der Waals surface area contributed by atoms with Gasteiger partial charge in [-0.15, -0.1) is 0 Å². The third-order valence-electron chi connectivity index (χ3n) is 2.88. The summed E-state index contributed by atoms with van der Waals surface area (Å²) in [7, 11) is 1.52. The number of rotatable bonds is 5. The van der Waals surface area contributed by atoms with E-state index in [1.165, 1.54) is 13.1 Å². The molecule has 1 aromatic rings. The zero-order valence-corrected chi connectivity index (χ0v) is 10.1. The van der Waals surface area contributed by atoms with E-state index in [0.717, 1.165) is 18.4 Å². The number of carbonyl (C=O) groups excluding carboxylic acids is 1. The number of benzene rings is 1. The minimum absolute atomic E-state index is 0.251. The Morgan fingerprint density at radius 1 is 1.50 bits per heavy atom. The Morgan fingerprint density at radius 2 is 2.22 bits per heavy atom. The van der Waals surface area contributed by atoms with Crippen LogP contribution in [0.25, 0.3) is 0 Å². The van der Waals surface area contributed by atoms with Crippen molar-refractivity contribution < 1.29 is 18.3 Å². The molecule has 0 bridgehead atoms. The fourth-order valence-corrected chi connectivity index (χ4v) is 1.83. The molecular weight excluding hydrogens is 240 g/mol. The van der Waals surface area contributed by atoms with Crippen LogP contribution in [0.15, 0.2) is 18.2 Å². The number of hydrogen-bond acceptors (Lipinski definition) is 2. The highest BCUT2D eigenvalue weighted by Crippen LogP contribution is 2.44. The average Bonchev–Trinajstić information content (AvgIpc) is 3.19. The van der Waals surface area contributed by atoms with Gasteiger partial charge in [0, 0.05) is 12.6 Å². The fourth-order valence-electron chi connectivity index (χ4n) is 1.83. The standard InChI is InChI=1S/C13H15F2NO2/c1-16-13(17)9-4-5-10(8-2-3-8)11(6-9)18-7-12(14)15/h4-6,8,12H,2-3,7H2,1H3,(H,16,17). The van der Waals surface area contributed by atoms with Crippen LogP contribution in [0.5, 0.6) is 5.75 Å². The molecule has 3 nitrogen and oxygen atoms in total. The summed E-state index contributed by atoms with van der Waals surface area (Å²) >= 11 is 0. The van der Waals surface area contributed by atoms with Crippen molar-refractivity contribution in [3.05, 3.63) is 29.3 Å². The van der Waals surface area contributed by atoms with Crippen molar-refractivity contribution >= 4 is 5.91 Å². The molecule has 1 N–H and O–H groups in total. The molecular formula is C13H15F2NO2. The van der Waals surface area contributed by atoms with Crippen LogP contribution in [0.3, 0.4) is 0 Å². The van der Waals surface area contributed by atoms with Crippen LogP contribution < -0.4 is 10.1 Å². The first-order valence-corrected chi connectivity index (χ1v) is 5.88. The molecule has 0 heterocycles. The fraction of sp³-hybridized carbons (Fsp3) is 0.462. The van der Waals surface area contributed by atoms with E-state index in [2.05, 4.69) is 5.32 Å². The Balaban J connectivity index is 2.22. The van der Waals surface area contributed by atoms with Gasteiger partial charge >= 0.3 is 0 Å². The predicted molar refractivity (Wildman–Crippen MR) is 63.3 cm³/mol. The maximum Gasteiger partial charge on any atom is 0.272 e. The van der Waals surface area contributed by atoms with Gasteiger partial charge in [-0.25, -0.2) is 8.78 Å². The highest BCUT2D eigenvalue weighted by Gasteiger charge is 2.27. The lowest BCUT2D eigenvalue weighted by Gasteiger charge is -2.12. The van der Waals surface area contributed by atoms with Crippen molar-refractivity contribution in [2.24, 2.45) is 0 Å². The Bertz CT molecular complexity index is 445. The van der Waals surface area contributed by atoms with Gasteiger partial charge < -0.3 is 10.1 Å². The third-order valence-corrected chi connectivity index (χ3v) is 2.88. The Hall–Kier alpha value is -1.65. The number of halogens is 2. The molecule has 5 heteroatoms. The number of carbonyl (C=O) groups is 1. The molecule has 0 atom stereocenters. The highest BCUT2D eigenvalue weighted by molar-refractivity contribution is 5.94. The van der Waals surface area contributed by atoms with Crippen LogP contribution in [-0.2, 0) is 0 Å². The second kappa shape index (κ2) is 5.33. The minimum atomic E-state index is -2.51. The van der Waals surface area contributed by atoms with Gasteiger partial charge in [-0.3, -0.25) is 4.79 Å². The molecule has 98 valence electrons. The molecule has 0 spiro atoms. The first-order valence-electron chi connectivity index (χ1n) is 5.88. The zero-order chi connectivity index (χ0) is 13.1. The van der Waals surface area contributed by atoms with Crippen LogP contribution in [0.1, 0.15) is 34.7 Å². The molecule has 0 radical (unpaired) electrons. The monoisotopic (exact) mass is 255 g/mol. The Labute approximate surface area is 104 Å². The predicted octanol–water partition coefficient (Wildman–Crippen LogP) is 2.57. The molecule has 1 amide bonds. The van der Waals surface area contributed by atoms with Crippen LogP contribution in [-0.4, -0.2) is 26.0 Å². The SMILES string of the molecule is CNC(=O)c1ccc(C2CC2)c(OCC(F)F)c1. The lowest BCUT2D eigenvalue weighted by atomic mass is 10.1. The largest absolute Gasteiger partial charge is 0.487 e. The van der Waals surface area contributed by atoms with E-state index in [-0.39, 0.29) is 5.91 Å². The molecule has 1 aromatic carbocycles. The van der Waals surface area contributed by atoms with Gasteiger partial charge in [-0.05, 0) is 36.5 Å². The molecule has 1 saturated carbocycles. The van der Waals surface area contributed by atoms with Crippen LogP contribution >= 0.6 is 0 Å². The van der Waals surface area contributed by atoms with E-state index < -0.39 is 13.0 Å². The number of nitrogens with one attached hydrogen (secondary N) is 1. The molecule has 1 fully saturated rings.